The molecule has 0 aromatic heterocycles. The third kappa shape index (κ3) is 3.55. The summed E-state index contributed by atoms with van der Waals surface area (Å²) in [6.45, 7) is 2.97. The summed E-state index contributed by atoms with van der Waals surface area (Å²) in [4.78, 5) is 22.2. The van der Waals surface area contributed by atoms with Crippen molar-refractivity contribution >= 4 is 11.9 Å². The van der Waals surface area contributed by atoms with E-state index in [9.17, 15) is 14.0 Å². The second-order valence-electron chi connectivity index (χ2n) is 3.85. The Morgan fingerprint density at radius 3 is 2.53 bits per heavy atom. The highest BCUT2D eigenvalue weighted by atomic mass is 19.1. The highest BCUT2D eigenvalue weighted by Crippen LogP contribution is 2.16. The number of amides is 1. The lowest BCUT2D eigenvalue weighted by atomic mass is 10.00. The number of carbonyl (C=O) groups is 2. The fourth-order valence-corrected chi connectivity index (χ4v) is 1.33. The molecule has 0 aliphatic carbocycles. The Labute approximate surface area is 98.5 Å². The first-order valence-electron chi connectivity index (χ1n) is 5.20. The minimum Gasteiger partial charge on any atom is -0.480 e. The molecule has 1 aromatic rings. The van der Waals surface area contributed by atoms with Crippen LogP contribution in [0.1, 0.15) is 25.3 Å². The first kappa shape index (κ1) is 13.2. The fourth-order valence-electron chi connectivity index (χ4n) is 1.33. The summed E-state index contributed by atoms with van der Waals surface area (Å²) in [5, 5.41) is 11.0. The normalized spacial score (nSPS) is 13.8. The number of carbonyl (C=O) groups excluding carboxylic acids is 1. The molecule has 0 radical (unpaired) electrons. The molecule has 0 fully saturated rings. The molecule has 2 N–H and O–H groups in total. The maximum absolute atomic E-state index is 13.0. The number of hydrogen-bond acceptors (Lipinski definition) is 2. The third-order valence-electron chi connectivity index (χ3n) is 2.47. The van der Waals surface area contributed by atoms with Gasteiger partial charge in [-0.05, 0) is 31.5 Å². The average molecular weight is 239 g/mol. The van der Waals surface area contributed by atoms with E-state index in [1.807, 2.05) is 0 Å². The number of nitrogens with one attached hydrogen (secondary N) is 1. The van der Waals surface area contributed by atoms with Gasteiger partial charge in [-0.3, -0.25) is 9.59 Å². The lowest BCUT2D eigenvalue weighted by molar-refractivity contribution is -0.141. The Morgan fingerprint density at radius 2 is 2.00 bits per heavy atom. The second kappa shape index (κ2) is 5.43. The number of carboxylic acids is 1. The van der Waals surface area contributed by atoms with E-state index in [0.717, 1.165) is 0 Å². The van der Waals surface area contributed by atoms with Crippen LogP contribution in [0, 0.1) is 5.82 Å². The molecule has 4 nitrogen and oxygen atoms in total. The van der Waals surface area contributed by atoms with Gasteiger partial charge in [0.05, 0.1) is 5.92 Å². The molecule has 1 rings (SSSR count). The van der Waals surface area contributed by atoms with Crippen LogP contribution in [-0.2, 0) is 9.59 Å². The van der Waals surface area contributed by atoms with E-state index in [4.69, 9.17) is 5.11 Å². The van der Waals surface area contributed by atoms with Gasteiger partial charge >= 0.3 is 5.97 Å². The average Bonchev–Trinajstić information content (AvgIpc) is 2.27. The van der Waals surface area contributed by atoms with Gasteiger partial charge in [-0.1, -0.05) is 12.1 Å². The van der Waals surface area contributed by atoms with Crippen molar-refractivity contribution in [3.8, 4) is 0 Å². The van der Waals surface area contributed by atoms with Crippen LogP contribution in [0.3, 0.4) is 0 Å². The van der Waals surface area contributed by atoms with Gasteiger partial charge in [0.15, 0.2) is 0 Å². The van der Waals surface area contributed by atoms with Gasteiger partial charge in [0.2, 0.25) is 5.91 Å². The number of benzene rings is 1. The Bertz CT molecular complexity index is 434. The summed E-state index contributed by atoms with van der Waals surface area (Å²) in [6, 6.07) is 4.72. The molecule has 2 atom stereocenters. The molecule has 1 aromatic carbocycles. The van der Waals surface area contributed by atoms with Crippen LogP contribution in [0.15, 0.2) is 24.3 Å². The Morgan fingerprint density at radius 1 is 1.35 bits per heavy atom. The monoisotopic (exact) mass is 239 g/mol. The predicted molar refractivity (Wildman–Crippen MR) is 60.1 cm³/mol. The van der Waals surface area contributed by atoms with Crippen molar-refractivity contribution in [1.29, 1.82) is 0 Å². The van der Waals surface area contributed by atoms with Crippen molar-refractivity contribution in [2.24, 2.45) is 0 Å². The summed E-state index contributed by atoms with van der Waals surface area (Å²) < 4.78 is 13.0. The highest BCUT2D eigenvalue weighted by Gasteiger charge is 2.20. The zero-order valence-electron chi connectivity index (χ0n) is 9.61. The van der Waals surface area contributed by atoms with E-state index in [1.165, 1.54) is 25.1 Å². The minimum absolute atomic E-state index is 0.423. The summed E-state index contributed by atoms with van der Waals surface area (Å²) in [5.41, 5.74) is 0.514. The molecule has 2 unspecified atom stereocenters. The number of hydrogen-bond donors (Lipinski definition) is 2. The summed E-state index contributed by atoms with van der Waals surface area (Å²) >= 11 is 0. The lowest BCUT2D eigenvalue weighted by Gasteiger charge is -2.15. The second-order valence-corrected chi connectivity index (χ2v) is 3.85. The smallest absolute Gasteiger partial charge is 0.325 e. The maximum Gasteiger partial charge on any atom is 0.325 e. The highest BCUT2D eigenvalue weighted by molar-refractivity contribution is 5.87. The van der Waals surface area contributed by atoms with E-state index in [1.54, 1.807) is 13.0 Å². The van der Waals surface area contributed by atoms with E-state index >= 15 is 0 Å². The van der Waals surface area contributed by atoms with Crippen LogP contribution in [0.4, 0.5) is 4.39 Å². The van der Waals surface area contributed by atoms with Crippen molar-refractivity contribution in [3.63, 3.8) is 0 Å². The van der Waals surface area contributed by atoms with Gasteiger partial charge in [0, 0.05) is 0 Å². The molecule has 17 heavy (non-hydrogen) atoms. The number of aliphatic carboxylic acids is 1. The van der Waals surface area contributed by atoms with Crippen molar-refractivity contribution in [3.05, 3.63) is 35.6 Å². The molecule has 1 amide bonds. The third-order valence-corrected chi connectivity index (χ3v) is 2.47. The molecule has 92 valence electrons. The Hall–Kier alpha value is -1.91. The number of halogens is 1. The Kier molecular flexibility index (Phi) is 4.20. The Balaban J connectivity index is 2.73. The molecule has 0 saturated heterocycles. The van der Waals surface area contributed by atoms with E-state index < -0.39 is 29.7 Å². The van der Waals surface area contributed by atoms with Crippen LogP contribution in [0.2, 0.25) is 0 Å². The largest absolute Gasteiger partial charge is 0.480 e. The molecule has 0 spiro atoms. The maximum atomic E-state index is 13.0. The molecule has 0 bridgehead atoms. The SMILES string of the molecule is CC(NC(=O)C(C)c1cccc(F)c1)C(=O)O. The van der Waals surface area contributed by atoms with Gasteiger partial charge < -0.3 is 10.4 Å². The van der Waals surface area contributed by atoms with Crippen molar-refractivity contribution in [2.45, 2.75) is 25.8 Å². The molecular weight excluding hydrogens is 225 g/mol. The van der Waals surface area contributed by atoms with Crippen LogP contribution >= 0.6 is 0 Å². The zero-order chi connectivity index (χ0) is 13.0. The molecule has 0 aliphatic rings. The van der Waals surface area contributed by atoms with Crippen LogP contribution in [0.5, 0.6) is 0 Å². The van der Waals surface area contributed by atoms with Crippen LogP contribution < -0.4 is 5.32 Å². The van der Waals surface area contributed by atoms with E-state index in [2.05, 4.69) is 5.32 Å². The predicted octanol–water partition coefficient (Wildman–Crippen LogP) is 1.52. The van der Waals surface area contributed by atoms with Crippen LogP contribution in [0.25, 0.3) is 0 Å². The summed E-state index contributed by atoms with van der Waals surface area (Å²) in [5.74, 6) is -2.56. The van der Waals surface area contributed by atoms with Gasteiger partial charge in [0.25, 0.3) is 0 Å². The standard InChI is InChI=1S/C12H14FNO3/c1-7(9-4-3-5-10(13)6-9)11(15)14-8(2)12(16)17/h3-8H,1-2H3,(H,14,15)(H,16,17). The van der Waals surface area contributed by atoms with Gasteiger partial charge in [-0.2, -0.15) is 0 Å². The molecule has 0 aliphatic heterocycles. The first-order valence-corrected chi connectivity index (χ1v) is 5.20. The molecule has 0 heterocycles. The minimum atomic E-state index is -1.11. The van der Waals surface area contributed by atoms with Crippen LogP contribution in [-0.4, -0.2) is 23.0 Å². The van der Waals surface area contributed by atoms with Crippen molar-refractivity contribution < 1.29 is 19.1 Å². The van der Waals surface area contributed by atoms with Crippen molar-refractivity contribution in [2.75, 3.05) is 0 Å². The summed E-state index contributed by atoms with van der Waals surface area (Å²) in [6.07, 6.45) is 0. The fraction of sp³-hybridized carbons (Fsp3) is 0.333. The van der Waals surface area contributed by atoms with E-state index in [0.29, 0.717) is 5.56 Å². The van der Waals surface area contributed by atoms with Gasteiger partial charge in [0.1, 0.15) is 11.9 Å². The van der Waals surface area contributed by atoms with Gasteiger partial charge in [-0.15, -0.1) is 0 Å². The zero-order valence-corrected chi connectivity index (χ0v) is 9.61. The molecule has 5 heteroatoms. The summed E-state index contributed by atoms with van der Waals surface area (Å²) in [7, 11) is 0. The van der Waals surface area contributed by atoms with Gasteiger partial charge in [-0.25, -0.2) is 4.39 Å². The van der Waals surface area contributed by atoms with Crippen molar-refractivity contribution in [1.82, 2.24) is 5.32 Å². The number of carboxylic acid groups (broad SMARTS) is 1. The van der Waals surface area contributed by atoms with E-state index in [-0.39, 0.29) is 0 Å². The molecular formula is C12H14FNO3. The first-order chi connectivity index (χ1) is 7.91. The number of rotatable bonds is 4. The molecule has 0 saturated carbocycles. The topological polar surface area (TPSA) is 66.4 Å². The quantitative estimate of drug-likeness (QED) is 0.837. The lowest BCUT2D eigenvalue weighted by Crippen LogP contribution is -2.40.